The number of nitrogens with zero attached hydrogens (tertiary/aromatic N) is 1. The predicted molar refractivity (Wildman–Crippen MR) is 54.3 cm³/mol. The number of nitrogens with one attached hydrogen (secondary N) is 1. The van der Waals surface area contributed by atoms with Gasteiger partial charge in [-0.15, -0.1) is 0 Å². The summed E-state index contributed by atoms with van der Waals surface area (Å²) in [5.74, 6) is 1.23. The van der Waals surface area contributed by atoms with Crippen molar-refractivity contribution < 1.29 is 4.79 Å². The Hall–Kier alpha value is -0.0600. The summed E-state index contributed by atoms with van der Waals surface area (Å²) >= 11 is 1.76. The number of thioether (sulfide) groups is 1. The lowest BCUT2D eigenvalue weighted by molar-refractivity contribution is -0.120. The van der Waals surface area contributed by atoms with Gasteiger partial charge in [0.15, 0.2) is 0 Å². The van der Waals surface area contributed by atoms with E-state index in [9.17, 15) is 4.79 Å². The zero-order valence-corrected chi connectivity index (χ0v) is 9.07. The first kappa shape index (κ1) is 11.9. The normalized spacial score (nSPS) is 13.4. The number of Topliss-reactive ketones (excluding diaryl/α,β-unsaturated/α-hetero) is 1. The van der Waals surface area contributed by atoms with E-state index in [-0.39, 0.29) is 11.8 Å². The number of carbonyl (C=O) groups is 1. The van der Waals surface area contributed by atoms with Gasteiger partial charge in [-0.2, -0.15) is 11.8 Å². The van der Waals surface area contributed by atoms with E-state index in [1.807, 2.05) is 25.4 Å². The van der Waals surface area contributed by atoms with Gasteiger partial charge in [-0.05, 0) is 25.4 Å². The molecule has 12 heavy (non-hydrogen) atoms. The van der Waals surface area contributed by atoms with Gasteiger partial charge in [-0.1, -0.05) is 0 Å². The van der Waals surface area contributed by atoms with Crippen LogP contribution >= 0.6 is 11.8 Å². The lowest BCUT2D eigenvalue weighted by atomic mass is 10.2. The van der Waals surface area contributed by atoms with Crippen molar-refractivity contribution in [3.8, 4) is 0 Å². The topological polar surface area (TPSA) is 32.3 Å². The van der Waals surface area contributed by atoms with E-state index in [4.69, 9.17) is 0 Å². The van der Waals surface area contributed by atoms with E-state index < -0.39 is 0 Å². The number of hydrogen-bond acceptors (Lipinski definition) is 4. The van der Waals surface area contributed by atoms with Crippen LogP contribution in [0.2, 0.25) is 0 Å². The molecule has 0 aromatic rings. The average molecular weight is 190 g/mol. The van der Waals surface area contributed by atoms with Crippen LogP contribution in [0, 0.1) is 0 Å². The highest BCUT2D eigenvalue weighted by molar-refractivity contribution is 7.98. The van der Waals surface area contributed by atoms with Crippen molar-refractivity contribution in [3.05, 3.63) is 0 Å². The summed E-state index contributed by atoms with van der Waals surface area (Å²) in [5.41, 5.74) is 3.08. The first-order valence-corrected chi connectivity index (χ1v) is 5.40. The first-order valence-electron chi connectivity index (χ1n) is 4.00. The Morgan fingerprint density at radius 3 is 2.50 bits per heavy atom. The zero-order valence-electron chi connectivity index (χ0n) is 8.26. The molecule has 0 aliphatic heterocycles. The quantitative estimate of drug-likeness (QED) is 0.627. The van der Waals surface area contributed by atoms with E-state index in [0.717, 1.165) is 12.2 Å². The van der Waals surface area contributed by atoms with Gasteiger partial charge in [0, 0.05) is 14.1 Å². The second-order valence-corrected chi connectivity index (χ2v) is 3.95. The van der Waals surface area contributed by atoms with Crippen LogP contribution in [-0.4, -0.2) is 42.9 Å². The Labute approximate surface area is 78.9 Å². The highest BCUT2D eigenvalue weighted by Gasteiger charge is 2.13. The fourth-order valence-electron chi connectivity index (χ4n) is 0.906. The fourth-order valence-corrected chi connectivity index (χ4v) is 1.38. The molecule has 0 radical (unpaired) electrons. The third-order valence-corrected chi connectivity index (χ3v) is 2.16. The molecule has 0 heterocycles. The molecule has 0 unspecified atom stereocenters. The smallest absolute Gasteiger partial charge is 0.148 e. The van der Waals surface area contributed by atoms with Crippen molar-refractivity contribution in [1.82, 2.24) is 10.4 Å². The summed E-state index contributed by atoms with van der Waals surface area (Å²) in [5, 5.41) is 1.83. The van der Waals surface area contributed by atoms with Gasteiger partial charge in [0.2, 0.25) is 0 Å². The molecule has 0 aromatic carbocycles. The van der Waals surface area contributed by atoms with Gasteiger partial charge in [0.1, 0.15) is 5.78 Å². The molecule has 0 rings (SSSR count). The van der Waals surface area contributed by atoms with Crippen LogP contribution in [0.15, 0.2) is 0 Å². The maximum Gasteiger partial charge on any atom is 0.148 e. The Balaban J connectivity index is 3.78. The molecule has 0 aliphatic rings. The van der Waals surface area contributed by atoms with Crippen molar-refractivity contribution in [1.29, 1.82) is 0 Å². The SMILES string of the molecule is CSCC[C@H](NN(C)C)C(C)=O. The third-order valence-electron chi connectivity index (χ3n) is 1.52. The molecule has 0 aromatic heterocycles. The van der Waals surface area contributed by atoms with Gasteiger partial charge in [0.05, 0.1) is 6.04 Å². The molecule has 3 nitrogen and oxygen atoms in total. The molecule has 0 saturated heterocycles. The Morgan fingerprint density at radius 1 is 1.58 bits per heavy atom. The van der Waals surface area contributed by atoms with Gasteiger partial charge in [0.25, 0.3) is 0 Å². The number of hydrogen-bond donors (Lipinski definition) is 1. The number of carbonyl (C=O) groups excluding carboxylic acids is 1. The van der Waals surface area contributed by atoms with E-state index in [2.05, 4.69) is 5.43 Å². The van der Waals surface area contributed by atoms with Crippen molar-refractivity contribution in [2.75, 3.05) is 26.1 Å². The summed E-state index contributed by atoms with van der Waals surface area (Å²) in [6.45, 7) is 1.63. The molecule has 0 amide bonds. The van der Waals surface area contributed by atoms with Crippen LogP contribution in [0.3, 0.4) is 0 Å². The standard InChI is InChI=1S/C8H18N2OS/c1-7(11)8(5-6-12-4)9-10(2)3/h8-9H,5-6H2,1-4H3/t8-/m0/s1. The number of hydrazine groups is 1. The summed E-state index contributed by atoms with van der Waals surface area (Å²) in [6, 6.07) is -0.0209. The van der Waals surface area contributed by atoms with Crippen LogP contribution < -0.4 is 5.43 Å². The zero-order chi connectivity index (χ0) is 9.56. The van der Waals surface area contributed by atoms with E-state index in [0.29, 0.717) is 0 Å². The average Bonchev–Trinajstić information content (AvgIpc) is 1.96. The van der Waals surface area contributed by atoms with Crippen molar-refractivity contribution in [3.63, 3.8) is 0 Å². The molecule has 0 bridgehead atoms. The summed E-state index contributed by atoms with van der Waals surface area (Å²) in [6.07, 6.45) is 2.95. The Bertz CT molecular complexity index is 139. The second-order valence-electron chi connectivity index (χ2n) is 2.97. The van der Waals surface area contributed by atoms with Gasteiger partial charge < -0.3 is 0 Å². The molecule has 72 valence electrons. The van der Waals surface area contributed by atoms with Gasteiger partial charge in [-0.3, -0.25) is 4.79 Å². The monoisotopic (exact) mass is 190 g/mol. The Morgan fingerprint density at radius 2 is 2.17 bits per heavy atom. The van der Waals surface area contributed by atoms with E-state index in [1.54, 1.807) is 18.7 Å². The molecule has 0 aliphatic carbocycles. The minimum absolute atomic E-state index is 0.0209. The third kappa shape index (κ3) is 5.57. The second kappa shape index (κ2) is 6.46. The maximum atomic E-state index is 11.1. The Kier molecular flexibility index (Phi) is 6.42. The first-order chi connectivity index (χ1) is 5.57. The van der Waals surface area contributed by atoms with Crippen LogP contribution in [-0.2, 0) is 4.79 Å². The highest BCUT2D eigenvalue weighted by atomic mass is 32.2. The molecule has 1 atom stereocenters. The fraction of sp³-hybridized carbons (Fsp3) is 0.875. The molecule has 1 N–H and O–H groups in total. The largest absolute Gasteiger partial charge is 0.298 e. The van der Waals surface area contributed by atoms with Crippen LogP contribution in [0.1, 0.15) is 13.3 Å². The molecule has 0 fully saturated rings. The van der Waals surface area contributed by atoms with Gasteiger partial charge in [-0.25, -0.2) is 10.4 Å². The highest BCUT2D eigenvalue weighted by Crippen LogP contribution is 2.01. The summed E-state index contributed by atoms with van der Waals surface area (Å²) < 4.78 is 0. The van der Waals surface area contributed by atoms with E-state index in [1.165, 1.54) is 0 Å². The maximum absolute atomic E-state index is 11.1. The molecule has 4 heteroatoms. The molecule has 0 spiro atoms. The van der Waals surface area contributed by atoms with Crippen LogP contribution in [0.4, 0.5) is 0 Å². The lowest BCUT2D eigenvalue weighted by Gasteiger charge is -2.20. The summed E-state index contributed by atoms with van der Waals surface area (Å²) in [4.78, 5) is 11.1. The van der Waals surface area contributed by atoms with Gasteiger partial charge >= 0.3 is 0 Å². The summed E-state index contributed by atoms with van der Waals surface area (Å²) in [7, 11) is 3.80. The van der Waals surface area contributed by atoms with E-state index >= 15 is 0 Å². The molecular formula is C8H18N2OS. The van der Waals surface area contributed by atoms with Crippen LogP contribution in [0.5, 0.6) is 0 Å². The minimum Gasteiger partial charge on any atom is -0.298 e. The number of ketones is 1. The van der Waals surface area contributed by atoms with Crippen molar-refractivity contribution in [2.24, 2.45) is 0 Å². The van der Waals surface area contributed by atoms with Crippen molar-refractivity contribution >= 4 is 17.5 Å². The van der Waals surface area contributed by atoms with Crippen molar-refractivity contribution in [2.45, 2.75) is 19.4 Å². The van der Waals surface area contributed by atoms with Crippen LogP contribution in [0.25, 0.3) is 0 Å². The predicted octanol–water partition coefficient (Wildman–Crippen LogP) is 0.763. The molecule has 0 saturated carbocycles. The molecular weight excluding hydrogens is 172 g/mol. The minimum atomic E-state index is -0.0209. The number of rotatable bonds is 6. The lowest BCUT2D eigenvalue weighted by Crippen LogP contribution is -2.44.